The smallest absolute Gasteiger partial charge is 0.478 e. The van der Waals surface area contributed by atoms with Crippen LogP contribution in [0.1, 0.15) is 32.6 Å². The molecule has 0 aromatic heterocycles. The number of unbranched alkanes of at least 4 members (excludes halogenated alkanes) is 3. The number of carboxylic acids is 1. The lowest BCUT2D eigenvalue weighted by molar-refractivity contribution is -0.132. The second kappa shape index (κ2) is 9.27. The van der Waals surface area contributed by atoms with Gasteiger partial charge < -0.3 is 18.4 Å². The molecule has 0 bridgehead atoms. The van der Waals surface area contributed by atoms with Gasteiger partial charge in [-0.25, -0.2) is 4.79 Å². The SMILES string of the molecule is CO[Si](CCCCCC=C(C)C(=O)O)(OC)OC. The molecule has 0 aliphatic carbocycles. The van der Waals surface area contributed by atoms with Crippen molar-refractivity contribution in [3.05, 3.63) is 11.6 Å². The lowest BCUT2D eigenvalue weighted by Crippen LogP contribution is -2.42. The van der Waals surface area contributed by atoms with E-state index in [-0.39, 0.29) is 0 Å². The molecule has 1 N–H and O–H groups in total. The summed E-state index contributed by atoms with van der Waals surface area (Å²) in [6, 6.07) is 0.790. The van der Waals surface area contributed by atoms with E-state index >= 15 is 0 Å². The first kappa shape index (κ1) is 17.3. The van der Waals surface area contributed by atoms with Crippen molar-refractivity contribution in [1.82, 2.24) is 0 Å². The fourth-order valence-electron chi connectivity index (χ4n) is 1.62. The summed E-state index contributed by atoms with van der Waals surface area (Å²) in [5.41, 5.74) is 0.407. The van der Waals surface area contributed by atoms with Gasteiger partial charge in [-0.2, -0.15) is 0 Å². The summed E-state index contributed by atoms with van der Waals surface area (Å²) in [6.07, 6.45) is 5.48. The third-order valence-electron chi connectivity index (χ3n) is 2.91. The molecule has 5 nitrogen and oxygen atoms in total. The van der Waals surface area contributed by atoms with Gasteiger partial charge in [-0.1, -0.05) is 12.5 Å². The number of rotatable bonds is 10. The Bertz CT molecular complexity index is 265. The molecule has 18 heavy (non-hydrogen) atoms. The van der Waals surface area contributed by atoms with E-state index in [9.17, 15) is 4.79 Å². The van der Waals surface area contributed by atoms with Gasteiger partial charge in [-0.05, 0) is 26.2 Å². The van der Waals surface area contributed by atoms with E-state index < -0.39 is 14.8 Å². The number of hydrogen-bond acceptors (Lipinski definition) is 4. The first-order chi connectivity index (χ1) is 8.51. The Morgan fingerprint density at radius 3 is 2.11 bits per heavy atom. The Morgan fingerprint density at radius 1 is 1.11 bits per heavy atom. The molecule has 0 aliphatic rings. The fraction of sp³-hybridized carbons (Fsp3) is 0.750. The number of hydrogen-bond donors (Lipinski definition) is 1. The molecule has 106 valence electrons. The zero-order chi connectivity index (χ0) is 14.0. The highest BCUT2D eigenvalue weighted by molar-refractivity contribution is 6.60. The van der Waals surface area contributed by atoms with Crippen molar-refractivity contribution >= 4 is 14.8 Å². The van der Waals surface area contributed by atoms with Gasteiger partial charge in [-0.3, -0.25) is 0 Å². The van der Waals surface area contributed by atoms with Gasteiger partial charge in [0.05, 0.1) is 0 Å². The molecular weight excluding hydrogens is 252 g/mol. The van der Waals surface area contributed by atoms with Crippen LogP contribution < -0.4 is 0 Å². The van der Waals surface area contributed by atoms with Gasteiger partial charge in [-0.15, -0.1) is 0 Å². The molecule has 0 unspecified atom stereocenters. The highest BCUT2D eigenvalue weighted by atomic mass is 28.4. The normalized spacial score (nSPS) is 12.8. The van der Waals surface area contributed by atoms with Crippen LogP contribution in [0.3, 0.4) is 0 Å². The number of aliphatic carboxylic acids is 1. The van der Waals surface area contributed by atoms with Gasteiger partial charge in [0.2, 0.25) is 0 Å². The number of carboxylic acid groups (broad SMARTS) is 1. The van der Waals surface area contributed by atoms with Crippen LogP contribution in [-0.2, 0) is 18.1 Å². The van der Waals surface area contributed by atoms with Crippen molar-refractivity contribution in [2.75, 3.05) is 21.3 Å². The molecule has 0 saturated carbocycles. The minimum atomic E-state index is -2.43. The van der Waals surface area contributed by atoms with Crippen molar-refractivity contribution in [3.63, 3.8) is 0 Å². The second-order valence-electron chi connectivity index (χ2n) is 4.09. The van der Waals surface area contributed by atoms with Crippen LogP contribution in [0.15, 0.2) is 11.6 Å². The molecule has 6 heteroatoms. The Morgan fingerprint density at radius 2 is 1.67 bits per heavy atom. The predicted molar refractivity (Wildman–Crippen MR) is 71.4 cm³/mol. The maximum atomic E-state index is 10.6. The summed E-state index contributed by atoms with van der Waals surface area (Å²) >= 11 is 0. The van der Waals surface area contributed by atoms with Crippen LogP contribution >= 0.6 is 0 Å². The predicted octanol–water partition coefficient (Wildman–Crippen LogP) is 2.46. The zero-order valence-corrected chi connectivity index (χ0v) is 12.7. The van der Waals surface area contributed by atoms with E-state index in [1.165, 1.54) is 0 Å². The van der Waals surface area contributed by atoms with E-state index in [0.717, 1.165) is 31.7 Å². The third-order valence-corrected chi connectivity index (χ3v) is 5.74. The molecular formula is C12H24O5Si. The van der Waals surface area contributed by atoms with Gasteiger partial charge in [0, 0.05) is 32.9 Å². The Hall–Kier alpha value is -0.693. The molecule has 0 rings (SSSR count). The summed E-state index contributed by atoms with van der Waals surface area (Å²) < 4.78 is 16.0. The average Bonchev–Trinajstić information content (AvgIpc) is 2.38. The summed E-state index contributed by atoms with van der Waals surface area (Å²) in [5, 5.41) is 8.67. The minimum Gasteiger partial charge on any atom is -0.478 e. The highest BCUT2D eigenvalue weighted by Crippen LogP contribution is 2.17. The highest BCUT2D eigenvalue weighted by Gasteiger charge is 2.36. The van der Waals surface area contributed by atoms with Crippen molar-refractivity contribution in [1.29, 1.82) is 0 Å². The largest absolute Gasteiger partial charge is 0.500 e. The summed E-state index contributed by atoms with van der Waals surface area (Å²) in [6.45, 7) is 1.61. The molecule has 0 radical (unpaired) electrons. The number of carbonyl (C=O) groups is 1. The van der Waals surface area contributed by atoms with E-state index in [1.54, 1.807) is 34.3 Å². The van der Waals surface area contributed by atoms with Crippen LogP contribution in [0.2, 0.25) is 6.04 Å². The molecule has 0 aliphatic heterocycles. The van der Waals surface area contributed by atoms with Crippen LogP contribution in [-0.4, -0.2) is 41.2 Å². The van der Waals surface area contributed by atoms with Crippen molar-refractivity contribution < 1.29 is 23.2 Å². The Kier molecular flexibility index (Phi) is 8.91. The molecule has 0 atom stereocenters. The molecule has 0 heterocycles. The maximum Gasteiger partial charge on any atom is 0.500 e. The number of allylic oxidation sites excluding steroid dienone is 1. The first-order valence-electron chi connectivity index (χ1n) is 6.07. The average molecular weight is 276 g/mol. The topological polar surface area (TPSA) is 65.0 Å². The molecule has 0 saturated heterocycles. The van der Waals surface area contributed by atoms with E-state index in [2.05, 4.69) is 0 Å². The maximum absolute atomic E-state index is 10.6. The van der Waals surface area contributed by atoms with E-state index in [1.807, 2.05) is 0 Å². The van der Waals surface area contributed by atoms with Crippen LogP contribution in [0.4, 0.5) is 0 Å². The van der Waals surface area contributed by atoms with Gasteiger partial charge >= 0.3 is 14.8 Å². The molecule has 0 aromatic rings. The van der Waals surface area contributed by atoms with E-state index in [0.29, 0.717) is 5.57 Å². The molecule has 0 aromatic carbocycles. The standard InChI is InChI=1S/C12H24O5Si/c1-11(12(13)14)9-7-5-6-8-10-18(15-2,16-3)17-4/h9H,5-8,10H2,1-4H3,(H,13,14). The Labute approximate surface area is 110 Å². The van der Waals surface area contributed by atoms with Crippen molar-refractivity contribution in [2.24, 2.45) is 0 Å². The van der Waals surface area contributed by atoms with E-state index in [4.69, 9.17) is 18.4 Å². The van der Waals surface area contributed by atoms with Crippen LogP contribution in [0.25, 0.3) is 0 Å². The van der Waals surface area contributed by atoms with Crippen LogP contribution in [0.5, 0.6) is 0 Å². The minimum absolute atomic E-state index is 0.407. The zero-order valence-electron chi connectivity index (χ0n) is 11.7. The van der Waals surface area contributed by atoms with Gasteiger partial charge in [0.1, 0.15) is 0 Å². The monoisotopic (exact) mass is 276 g/mol. The molecule has 0 fully saturated rings. The second-order valence-corrected chi connectivity index (χ2v) is 7.18. The first-order valence-corrected chi connectivity index (χ1v) is 8.00. The van der Waals surface area contributed by atoms with Crippen LogP contribution in [0, 0.1) is 0 Å². The van der Waals surface area contributed by atoms with Gasteiger partial charge in [0.25, 0.3) is 0 Å². The van der Waals surface area contributed by atoms with Crippen molar-refractivity contribution in [3.8, 4) is 0 Å². The summed E-state index contributed by atoms with van der Waals surface area (Å²) in [5.74, 6) is -0.848. The molecule has 0 amide bonds. The van der Waals surface area contributed by atoms with Gasteiger partial charge in [0.15, 0.2) is 0 Å². The lowest BCUT2D eigenvalue weighted by atomic mass is 10.1. The lowest BCUT2D eigenvalue weighted by Gasteiger charge is -2.24. The fourth-order valence-corrected chi connectivity index (χ4v) is 3.42. The third kappa shape index (κ3) is 6.30. The summed E-state index contributed by atoms with van der Waals surface area (Å²) in [7, 11) is 2.40. The molecule has 0 spiro atoms. The Balaban J connectivity index is 3.80. The quantitative estimate of drug-likeness (QED) is 0.377. The summed E-state index contributed by atoms with van der Waals surface area (Å²) in [4.78, 5) is 10.6. The van der Waals surface area contributed by atoms with Crippen molar-refractivity contribution in [2.45, 2.75) is 38.7 Å².